The highest BCUT2D eigenvalue weighted by molar-refractivity contribution is 9.10. The molecule has 4 nitrogen and oxygen atoms in total. The van der Waals surface area contributed by atoms with E-state index in [2.05, 4.69) is 26.0 Å². The minimum absolute atomic E-state index is 0.374. The number of benzene rings is 1. The van der Waals surface area contributed by atoms with Crippen LogP contribution >= 0.6 is 15.9 Å². The van der Waals surface area contributed by atoms with Crippen LogP contribution in [-0.4, -0.2) is 19.5 Å². The summed E-state index contributed by atoms with van der Waals surface area (Å²) in [6.07, 6.45) is 0.546. The van der Waals surface area contributed by atoms with Gasteiger partial charge in [-0.15, -0.1) is 0 Å². The Hall–Kier alpha value is -1.36. The molecule has 0 aliphatic heterocycles. The van der Waals surface area contributed by atoms with Crippen LogP contribution in [0.3, 0.4) is 0 Å². The maximum absolute atomic E-state index is 11.2. The molecule has 5 heteroatoms. The van der Waals surface area contributed by atoms with Crippen molar-refractivity contribution in [2.45, 2.75) is 0 Å². The number of ether oxygens (including phenoxy) is 1. The maximum atomic E-state index is 11.2. The van der Waals surface area contributed by atoms with E-state index < -0.39 is 5.97 Å². The summed E-state index contributed by atoms with van der Waals surface area (Å²) in [5.74, 6) is -0.452. The first-order chi connectivity index (χ1) is 6.69. The summed E-state index contributed by atoms with van der Waals surface area (Å²) in [7, 11) is 1.30. The lowest BCUT2D eigenvalue weighted by Gasteiger charge is -2.04. The van der Waals surface area contributed by atoms with Gasteiger partial charge in [0.2, 0.25) is 6.41 Å². The van der Waals surface area contributed by atoms with Crippen molar-refractivity contribution >= 4 is 34.0 Å². The van der Waals surface area contributed by atoms with Crippen LogP contribution < -0.4 is 5.32 Å². The average Bonchev–Trinajstić information content (AvgIpc) is 2.20. The Bertz CT molecular complexity index is 365. The molecule has 0 bridgehead atoms. The molecule has 74 valence electrons. The predicted octanol–water partition coefficient (Wildman–Crippen LogP) is 1.80. The molecule has 1 rings (SSSR count). The highest BCUT2D eigenvalue weighted by Gasteiger charge is 2.10. The molecule has 0 atom stereocenters. The smallest absolute Gasteiger partial charge is 0.339 e. The fraction of sp³-hybridized carbons (Fsp3) is 0.111. The van der Waals surface area contributed by atoms with E-state index in [9.17, 15) is 9.59 Å². The number of esters is 1. The van der Waals surface area contributed by atoms with Gasteiger partial charge >= 0.3 is 5.97 Å². The monoisotopic (exact) mass is 257 g/mol. The number of hydrogen-bond acceptors (Lipinski definition) is 3. The van der Waals surface area contributed by atoms with Crippen molar-refractivity contribution in [1.82, 2.24) is 0 Å². The van der Waals surface area contributed by atoms with Crippen LogP contribution in [0.4, 0.5) is 5.69 Å². The van der Waals surface area contributed by atoms with Crippen LogP contribution in [0.5, 0.6) is 0 Å². The van der Waals surface area contributed by atoms with Gasteiger partial charge in [0.25, 0.3) is 0 Å². The van der Waals surface area contributed by atoms with Crippen molar-refractivity contribution in [2.75, 3.05) is 12.4 Å². The first-order valence-corrected chi connectivity index (χ1v) is 4.56. The van der Waals surface area contributed by atoms with E-state index in [0.717, 1.165) is 0 Å². The third-order valence-corrected chi connectivity index (χ3v) is 2.29. The molecule has 0 saturated heterocycles. The van der Waals surface area contributed by atoms with E-state index >= 15 is 0 Å². The number of carbonyl (C=O) groups excluding carboxylic acids is 2. The summed E-state index contributed by atoms with van der Waals surface area (Å²) in [5, 5.41) is 2.44. The summed E-state index contributed by atoms with van der Waals surface area (Å²) in [5.41, 5.74) is 0.919. The zero-order chi connectivity index (χ0) is 10.6. The molecule has 0 unspecified atom stereocenters. The van der Waals surface area contributed by atoms with Gasteiger partial charge in [0.15, 0.2) is 0 Å². The number of amides is 1. The van der Waals surface area contributed by atoms with Crippen molar-refractivity contribution in [3.05, 3.63) is 28.2 Å². The molecule has 1 aromatic rings. The fourth-order valence-corrected chi connectivity index (χ4v) is 1.36. The molecule has 1 N–H and O–H groups in total. The second-order valence-electron chi connectivity index (χ2n) is 2.45. The van der Waals surface area contributed by atoms with Gasteiger partial charge in [-0.2, -0.15) is 0 Å². The van der Waals surface area contributed by atoms with Crippen LogP contribution in [0, 0.1) is 0 Å². The van der Waals surface area contributed by atoms with E-state index in [1.54, 1.807) is 12.1 Å². The Balaban J connectivity index is 3.07. The molecule has 1 aromatic carbocycles. The Morgan fingerprint density at radius 1 is 1.57 bits per heavy atom. The van der Waals surface area contributed by atoms with Gasteiger partial charge in [0, 0.05) is 10.2 Å². The molecular formula is C9H8BrNO3. The van der Waals surface area contributed by atoms with Gasteiger partial charge in [-0.1, -0.05) is 0 Å². The van der Waals surface area contributed by atoms with Gasteiger partial charge in [-0.05, 0) is 34.1 Å². The van der Waals surface area contributed by atoms with Gasteiger partial charge in [0.1, 0.15) is 0 Å². The molecule has 0 spiro atoms. The summed E-state index contributed by atoms with van der Waals surface area (Å²) in [6, 6.07) is 4.87. The molecule has 0 heterocycles. The zero-order valence-corrected chi connectivity index (χ0v) is 9.00. The fourth-order valence-electron chi connectivity index (χ4n) is 0.949. The number of carbonyl (C=O) groups is 2. The van der Waals surface area contributed by atoms with E-state index in [1.807, 2.05) is 0 Å². The minimum atomic E-state index is -0.452. The van der Waals surface area contributed by atoms with E-state index in [-0.39, 0.29) is 0 Å². The largest absolute Gasteiger partial charge is 0.465 e. The first kappa shape index (κ1) is 10.7. The van der Waals surface area contributed by atoms with E-state index in [0.29, 0.717) is 22.1 Å². The standard InChI is InChI=1S/C9H8BrNO3/c1-14-9(13)7-4-6(11-5-12)2-3-8(7)10/h2-5H,1H3,(H,11,12). The van der Waals surface area contributed by atoms with Crippen LogP contribution in [-0.2, 0) is 9.53 Å². The topological polar surface area (TPSA) is 55.4 Å². The highest BCUT2D eigenvalue weighted by Crippen LogP contribution is 2.21. The van der Waals surface area contributed by atoms with E-state index in [4.69, 9.17) is 0 Å². The van der Waals surface area contributed by atoms with Crippen LogP contribution in [0.15, 0.2) is 22.7 Å². The number of rotatable bonds is 3. The molecular weight excluding hydrogens is 250 g/mol. The van der Waals surface area contributed by atoms with Gasteiger partial charge in [-0.3, -0.25) is 4.79 Å². The molecule has 0 aliphatic rings. The molecule has 0 radical (unpaired) electrons. The molecule has 14 heavy (non-hydrogen) atoms. The molecule has 0 aliphatic carbocycles. The number of methoxy groups -OCH3 is 1. The SMILES string of the molecule is COC(=O)c1cc(NC=O)ccc1Br. The lowest BCUT2D eigenvalue weighted by atomic mass is 10.2. The summed E-state index contributed by atoms with van der Waals surface area (Å²) in [6.45, 7) is 0. The predicted molar refractivity (Wildman–Crippen MR) is 55.2 cm³/mol. The van der Waals surface area contributed by atoms with Crippen molar-refractivity contribution in [3.63, 3.8) is 0 Å². The Kier molecular flexibility index (Phi) is 3.64. The zero-order valence-electron chi connectivity index (χ0n) is 7.41. The van der Waals surface area contributed by atoms with Crippen molar-refractivity contribution in [1.29, 1.82) is 0 Å². The van der Waals surface area contributed by atoms with E-state index in [1.165, 1.54) is 13.2 Å². The van der Waals surface area contributed by atoms with Gasteiger partial charge < -0.3 is 10.1 Å². The number of hydrogen-bond donors (Lipinski definition) is 1. The Labute approximate surface area is 89.4 Å². The first-order valence-electron chi connectivity index (χ1n) is 3.77. The molecule has 0 aromatic heterocycles. The second-order valence-corrected chi connectivity index (χ2v) is 3.30. The third-order valence-electron chi connectivity index (χ3n) is 1.60. The summed E-state index contributed by atoms with van der Waals surface area (Å²) in [4.78, 5) is 21.4. The second kappa shape index (κ2) is 4.76. The van der Waals surface area contributed by atoms with Crippen molar-refractivity contribution < 1.29 is 14.3 Å². The normalized spacial score (nSPS) is 9.29. The lowest BCUT2D eigenvalue weighted by molar-refractivity contribution is -0.105. The van der Waals surface area contributed by atoms with Crippen molar-refractivity contribution in [3.8, 4) is 0 Å². The number of nitrogens with one attached hydrogen (secondary N) is 1. The van der Waals surface area contributed by atoms with Crippen LogP contribution in [0.2, 0.25) is 0 Å². The number of halogens is 1. The average molecular weight is 258 g/mol. The van der Waals surface area contributed by atoms with Crippen LogP contribution in [0.1, 0.15) is 10.4 Å². The lowest BCUT2D eigenvalue weighted by Crippen LogP contribution is -2.03. The molecule has 0 saturated carbocycles. The third kappa shape index (κ3) is 2.32. The Morgan fingerprint density at radius 3 is 2.86 bits per heavy atom. The van der Waals surface area contributed by atoms with Gasteiger partial charge in [0.05, 0.1) is 12.7 Å². The molecule has 0 fully saturated rings. The van der Waals surface area contributed by atoms with Gasteiger partial charge in [-0.25, -0.2) is 4.79 Å². The highest BCUT2D eigenvalue weighted by atomic mass is 79.9. The summed E-state index contributed by atoms with van der Waals surface area (Å²) >= 11 is 3.21. The molecule has 1 amide bonds. The van der Waals surface area contributed by atoms with Crippen molar-refractivity contribution in [2.24, 2.45) is 0 Å². The maximum Gasteiger partial charge on any atom is 0.339 e. The number of anilines is 1. The summed E-state index contributed by atoms with van der Waals surface area (Å²) < 4.78 is 5.19. The Morgan fingerprint density at radius 2 is 2.29 bits per heavy atom. The van der Waals surface area contributed by atoms with Crippen LogP contribution in [0.25, 0.3) is 0 Å². The quantitative estimate of drug-likeness (QED) is 0.664. The minimum Gasteiger partial charge on any atom is -0.465 e.